The molecule has 0 aliphatic rings. The smallest absolute Gasteiger partial charge is 0.204 e. The maximum Gasteiger partial charge on any atom is 0.204 e. The van der Waals surface area contributed by atoms with Crippen molar-refractivity contribution in [3.05, 3.63) is 35.4 Å². The maximum absolute atomic E-state index is 5.97. The molecule has 0 radical (unpaired) electrons. The summed E-state index contributed by atoms with van der Waals surface area (Å²) in [5, 5.41) is 16.4. The van der Waals surface area contributed by atoms with Crippen LogP contribution in [0.25, 0.3) is 11.4 Å². The minimum absolute atomic E-state index is 0.622. The number of nitrogens with zero attached hydrogens (tertiary/aromatic N) is 7. The zero-order chi connectivity index (χ0) is 17.1. The lowest BCUT2D eigenvalue weighted by atomic mass is 10.1. The minimum atomic E-state index is 0.622. The van der Waals surface area contributed by atoms with E-state index in [2.05, 4.69) is 25.5 Å². The van der Waals surface area contributed by atoms with Crippen LogP contribution in [0.3, 0.4) is 0 Å². The summed E-state index contributed by atoms with van der Waals surface area (Å²) in [7, 11) is 1.75. The Morgan fingerprint density at radius 3 is 2.42 bits per heavy atom. The van der Waals surface area contributed by atoms with Crippen LogP contribution in [0.2, 0.25) is 0 Å². The van der Waals surface area contributed by atoms with E-state index in [4.69, 9.17) is 4.74 Å². The van der Waals surface area contributed by atoms with Crippen LogP contribution in [0.1, 0.15) is 23.4 Å². The van der Waals surface area contributed by atoms with Gasteiger partial charge in [0, 0.05) is 18.5 Å². The number of rotatable bonds is 6. The average molecular weight is 327 g/mol. The Morgan fingerprint density at radius 1 is 1.08 bits per heavy atom. The molecule has 1 aromatic carbocycles. The summed E-state index contributed by atoms with van der Waals surface area (Å²) in [6.45, 7) is 7.36. The van der Waals surface area contributed by atoms with Crippen molar-refractivity contribution in [2.24, 2.45) is 7.05 Å². The molecule has 0 aliphatic carbocycles. The van der Waals surface area contributed by atoms with Crippen molar-refractivity contribution in [2.45, 2.75) is 33.7 Å². The van der Waals surface area contributed by atoms with Crippen molar-refractivity contribution in [1.82, 2.24) is 35.0 Å². The first kappa shape index (κ1) is 16.1. The molecule has 0 amide bonds. The SMILES string of the molecule is Cc1ncn(CCCOc2c(C)cc(-c3nnn(C)n3)cc2C)n1. The molecular formula is C16H21N7O. The van der Waals surface area contributed by atoms with Gasteiger partial charge in [0.05, 0.1) is 13.7 Å². The molecule has 0 N–H and O–H groups in total. The number of tetrazole rings is 1. The van der Waals surface area contributed by atoms with Crippen LogP contribution in [0, 0.1) is 20.8 Å². The third kappa shape index (κ3) is 3.58. The Bertz CT molecular complexity index is 814. The lowest BCUT2D eigenvalue weighted by Gasteiger charge is -2.13. The highest BCUT2D eigenvalue weighted by Crippen LogP contribution is 2.28. The van der Waals surface area contributed by atoms with Crippen molar-refractivity contribution < 1.29 is 4.74 Å². The van der Waals surface area contributed by atoms with Gasteiger partial charge in [-0.15, -0.1) is 10.2 Å². The fourth-order valence-electron chi connectivity index (χ4n) is 2.60. The largest absolute Gasteiger partial charge is 0.493 e. The summed E-state index contributed by atoms with van der Waals surface area (Å²) in [5.41, 5.74) is 3.08. The Morgan fingerprint density at radius 2 is 1.83 bits per heavy atom. The first-order valence-corrected chi connectivity index (χ1v) is 7.87. The molecule has 2 heterocycles. The molecule has 0 bridgehead atoms. The zero-order valence-corrected chi connectivity index (χ0v) is 14.4. The van der Waals surface area contributed by atoms with Crippen LogP contribution in [-0.4, -0.2) is 41.6 Å². The molecule has 0 fully saturated rings. The van der Waals surface area contributed by atoms with Gasteiger partial charge in [-0.05, 0) is 49.2 Å². The Balaban J connectivity index is 1.63. The van der Waals surface area contributed by atoms with E-state index < -0.39 is 0 Å². The van der Waals surface area contributed by atoms with Crippen LogP contribution in [0.15, 0.2) is 18.5 Å². The molecule has 0 spiro atoms. The van der Waals surface area contributed by atoms with Crippen LogP contribution in [-0.2, 0) is 13.6 Å². The maximum atomic E-state index is 5.97. The van der Waals surface area contributed by atoms with E-state index in [0.29, 0.717) is 12.4 Å². The van der Waals surface area contributed by atoms with Gasteiger partial charge in [0.1, 0.15) is 17.9 Å². The molecule has 0 aliphatic heterocycles. The number of aryl methyl sites for hydroxylation is 5. The van der Waals surface area contributed by atoms with Gasteiger partial charge in [0.15, 0.2) is 0 Å². The highest BCUT2D eigenvalue weighted by molar-refractivity contribution is 5.60. The first-order chi connectivity index (χ1) is 11.5. The van der Waals surface area contributed by atoms with Gasteiger partial charge >= 0.3 is 0 Å². The van der Waals surface area contributed by atoms with E-state index in [1.165, 1.54) is 4.80 Å². The van der Waals surface area contributed by atoms with Crippen molar-refractivity contribution in [2.75, 3.05) is 6.61 Å². The van der Waals surface area contributed by atoms with E-state index in [1.54, 1.807) is 13.4 Å². The highest BCUT2D eigenvalue weighted by Gasteiger charge is 2.11. The van der Waals surface area contributed by atoms with Crippen LogP contribution < -0.4 is 4.74 Å². The summed E-state index contributed by atoms with van der Waals surface area (Å²) in [5.74, 6) is 2.32. The Kier molecular flexibility index (Phi) is 4.54. The average Bonchev–Trinajstić information content (AvgIpc) is 3.14. The summed E-state index contributed by atoms with van der Waals surface area (Å²) in [6, 6.07) is 4.06. The van der Waals surface area contributed by atoms with Crippen LogP contribution in [0.4, 0.5) is 0 Å². The minimum Gasteiger partial charge on any atom is -0.493 e. The number of aromatic nitrogens is 7. The molecule has 2 aromatic heterocycles. The quantitative estimate of drug-likeness (QED) is 0.643. The van der Waals surface area contributed by atoms with E-state index in [-0.39, 0.29) is 0 Å². The predicted octanol–water partition coefficient (Wildman–Crippen LogP) is 1.86. The highest BCUT2D eigenvalue weighted by atomic mass is 16.5. The third-order valence-electron chi connectivity index (χ3n) is 3.66. The number of hydrogen-bond donors (Lipinski definition) is 0. The topological polar surface area (TPSA) is 83.5 Å². The van der Waals surface area contributed by atoms with Gasteiger partial charge in [0.25, 0.3) is 0 Å². The van der Waals surface area contributed by atoms with Gasteiger partial charge in [-0.1, -0.05) is 0 Å². The predicted molar refractivity (Wildman–Crippen MR) is 88.6 cm³/mol. The first-order valence-electron chi connectivity index (χ1n) is 7.87. The molecule has 0 unspecified atom stereocenters. The fourth-order valence-corrected chi connectivity index (χ4v) is 2.60. The molecule has 0 atom stereocenters. The van der Waals surface area contributed by atoms with E-state index >= 15 is 0 Å². The Labute approximate surface area is 140 Å². The zero-order valence-electron chi connectivity index (χ0n) is 14.4. The van der Waals surface area contributed by atoms with Gasteiger partial charge in [-0.2, -0.15) is 9.90 Å². The second-order valence-corrected chi connectivity index (χ2v) is 5.80. The third-order valence-corrected chi connectivity index (χ3v) is 3.66. The standard InChI is InChI=1S/C16H21N7O/c1-11-8-14(16-18-21-22(4)20-16)9-12(2)15(11)24-7-5-6-23-10-17-13(3)19-23/h8-10H,5-7H2,1-4H3. The number of hydrogen-bond acceptors (Lipinski definition) is 6. The van der Waals surface area contributed by atoms with Crippen molar-refractivity contribution >= 4 is 0 Å². The molecule has 8 nitrogen and oxygen atoms in total. The molecule has 3 rings (SSSR count). The summed E-state index contributed by atoms with van der Waals surface area (Å²) in [4.78, 5) is 5.57. The van der Waals surface area contributed by atoms with Crippen molar-refractivity contribution in [1.29, 1.82) is 0 Å². The lowest BCUT2D eigenvalue weighted by Crippen LogP contribution is -2.06. The molecule has 8 heteroatoms. The second kappa shape index (κ2) is 6.77. The summed E-state index contributed by atoms with van der Waals surface area (Å²) in [6.07, 6.45) is 2.61. The normalized spacial score (nSPS) is 11.0. The van der Waals surface area contributed by atoms with Crippen molar-refractivity contribution in [3.8, 4) is 17.1 Å². The second-order valence-electron chi connectivity index (χ2n) is 5.80. The lowest BCUT2D eigenvalue weighted by molar-refractivity contribution is 0.295. The summed E-state index contributed by atoms with van der Waals surface area (Å²) < 4.78 is 7.80. The monoisotopic (exact) mass is 327 g/mol. The molecule has 0 saturated carbocycles. The Hall–Kier alpha value is -2.77. The van der Waals surface area contributed by atoms with Gasteiger partial charge in [-0.25, -0.2) is 4.98 Å². The van der Waals surface area contributed by atoms with Gasteiger partial charge < -0.3 is 4.74 Å². The van der Waals surface area contributed by atoms with E-state index in [1.807, 2.05) is 37.6 Å². The van der Waals surface area contributed by atoms with Crippen LogP contribution >= 0.6 is 0 Å². The van der Waals surface area contributed by atoms with Crippen LogP contribution in [0.5, 0.6) is 5.75 Å². The molecular weight excluding hydrogens is 306 g/mol. The van der Waals surface area contributed by atoms with Gasteiger partial charge in [-0.3, -0.25) is 4.68 Å². The van der Waals surface area contributed by atoms with E-state index in [9.17, 15) is 0 Å². The van der Waals surface area contributed by atoms with Crippen molar-refractivity contribution in [3.63, 3.8) is 0 Å². The molecule has 0 saturated heterocycles. The van der Waals surface area contributed by atoms with Gasteiger partial charge in [0.2, 0.25) is 5.82 Å². The molecule has 24 heavy (non-hydrogen) atoms. The molecule has 3 aromatic rings. The molecule has 126 valence electrons. The number of benzene rings is 1. The fraction of sp³-hybridized carbons (Fsp3) is 0.438. The van der Waals surface area contributed by atoms with E-state index in [0.717, 1.165) is 41.2 Å². The summed E-state index contributed by atoms with van der Waals surface area (Å²) >= 11 is 0. The number of ether oxygens (including phenoxy) is 1.